The van der Waals surface area contributed by atoms with Crippen molar-refractivity contribution in [2.45, 2.75) is 38.9 Å². The van der Waals surface area contributed by atoms with Crippen LogP contribution < -0.4 is 5.32 Å². The summed E-state index contributed by atoms with van der Waals surface area (Å²) in [6.07, 6.45) is 5.85. The van der Waals surface area contributed by atoms with Gasteiger partial charge in [-0.3, -0.25) is 0 Å². The molecule has 0 aromatic carbocycles. The van der Waals surface area contributed by atoms with E-state index in [2.05, 4.69) is 55.1 Å². The van der Waals surface area contributed by atoms with E-state index in [9.17, 15) is 0 Å². The number of H-pyrrole nitrogens is 1. The highest BCUT2D eigenvalue weighted by molar-refractivity contribution is 6.55. The lowest BCUT2D eigenvalue weighted by molar-refractivity contribution is 0.00578. The van der Waals surface area contributed by atoms with E-state index in [0.717, 1.165) is 22.1 Å². The molecule has 0 radical (unpaired) electrons. The summed E-state index contributed by atoms with van der Waals surface area (Å²) in [7, 11) is 1.57. The van der Waals surface area contributed by atoms with E-state index in [0.29, 0.717) is 6.54 Å². The quantitative estimate of drug-likeness (QED) is 0.852. The van der Waals surface area contributed by atoms with Crippen molar-refractivity contribution in [3.05, 3.63) is 35.6 Å². The second kappa shape index (κ2) is 5.78. The van der Waals surface area contributed by atoms with Crippen molar-refractivity contribution in [2.24, 2.45) is 0 Å². The molecule has 122 valence electrons. The Morgan fingerprint density at radius 2 is 2.00 bits per heavy atom. The highest BCUT2D eigenvalue weighted by atomic mass is 16.7. The summed E-state index contributed by atoms with van der Waals surface area (Å²) in [5.41, 5.74) is 2.31. The third-order valence-electron chi connectivity index (χ3n) is 4.71. The maximum absolute atomic E-state index is 6.17. The second-order valence-electron chi connectivity index (χ2n) is 7.02. The van der Waals surface area contributed by atoms with Crippen molar-refractivity contribution in [1.29, 1.82) is 0 Å². The summed E-state index contributed by atoms with van der Waals surface area (Å²) in [4.78, 5) is 7.54. The standard InChI is InChI=1S/C17H24BN3O2/c1-16(2)17(3,4)23-18(22-16)14(11-19-5)9-12-8-13-6-7-20-15(13)21-10-12/h6-10,19H,11H2,1-5H3,(H,20,21). The molecule has 3 heterocycles. The van der Waals surface area contributed by atoms with Gasteiger partial charge in [0.2, 0.25) is 0 Å². The molecule has 1 saturated heterocycles. The highest BCUT2D eigenvalue weighted by Crippen LogP contribution is 2.38. The number of nitrogens with zero attached hydrogens (tertiary/aromatic N) is 1. The third-order valence-corrected chi connectivity index (χ3v) is 4.71. The van der Waals surface area contributed by atoms with Gasteiger partial charge in [-0.15, -0.1) is 0 Å². The van der Waals surface area contributed by atoms with Gasteiger partial charge in [0, 0.05) is 24.3 Å². The predicted octanol–water partition coefficient (Wildman–Crippen LogP) is 2.80. The van der Waals surface area contributed by atoms with Gasteiger partial charge in [-0.1, -0.05) is 6.08 Å². The van der Waals surface area contributed by atoms with Crippen LogP contribution in [0.3, 0.4) is 0 Å². The van der Waals surface area contributed by atoms with E-state index in [-0.39, 0.29) is 18.3 Å². The number of likely N-dealkylation sites (N-methyl/N-ethyl adjacent to an activating group) is 1. The molecule has 0 bridgehead atoms. The van der Waals surface area contributed by atoms with E-state index >= 15 is 0 Å². The first-order valence-corrected chi connectivity index (χ1v) is 7.96. The van der Waals surface area contributed by atoms with Crippen molar-refractivity contribution in [3.63, 3.8) is 0 Å². The molecule has 23 heavy (non-hydrogen) atoms. The number of nitrogens with one attached hydrogen (secondary N) is 2. The second-order valence-corrected chi connectivity index (χ2v) is 7.02. The van der Waals surface area contributed by atoms with Crippen LogP contribution >= 0.6 is 0 Å². The minimum absolute atomic E-state index is 0.340. The van der Waals surface area contributed by atoms with Gasteiger partial charge in [-0.05, 0) is 57.9 Å². The zero-order valence-electron chi connectivity index (χ0n) is 14.4. The van der Waals surface area contributed by atoms with Crippen LogP contribution in [0.25, 0.3) is 17.1 Å². The molecule has 0 atom stereocenters. The van der Waals surface area contributed by atoms with Gasteiger partial charge in [0.25, 0.3) is 0 Å². The molecule has 0 spiro atoms. The lowest BCUT2D eigenvalue weighted by Crippen LogP contribution is -2.41. The predicted molar refractivity (Wildman–Crippen MR) is 94.1 cm³/mol. The van der Waals surface area contributed by atoms with Gasteiger partial charge in [0.05, 0.1) is 11.2 Å². The van der Waals surface area contributed by atoms with Gasteiger partial charge in [0.15, 0.2) is 0 Å². The first-order valence-electron chi connectivity index (χ1n) is 7.96. The number of fused-ring (bicyclic) bond motifs is 1. The first kappa shape index (κ1) is 16.2. The molecule has 1 aliphatic rings. The molecule has 0 aliphatic carbocycles. The maximum atomic E-state index is 6.17. The molecular formula is C17H24BN3O2. The largest absolute Gasteiger partial charge is 0.491 e. The fourth-order valence-corrected chi connectivity index (χ4v) is 2.65. The highest BCUT2D eigenvalue weighted by Gasteiger charge is 2.52. The average molecular weight is 313 g/mol. The molecule has 2 aromatic heterocycles. The third kappa shape index (κ3) is 3.07. The first-order chi connectivity index (χ1) is 10.8. The van der Waals surface area contributed by atoms with Crippen LogP contribution in [-0.2, 0) is 9.31 Å². The smallest absolute Gasteiger partial charge is 0.400 e. The Bertz CT molecular complexity index is 720. The zero-order chi connectivity index (χ0) is 16.7. The molecule has 5 nitrogen and oxygen atoms in total. The van der Waals surface area contributed by atoms with E-state index in [1.54, 1.807) is 0 Å². The summed E-state index contributed by atoms with van der Waals surface area (Å²) in [5.74, 6) is 0. The molecule has 0 unspecified atom stereocenters. The van der Waals surface area contributed by atoms with Gasteiger partial charge in [0.1, 0.15) is 5.65 Å². The van der Waals surface area contributed by atoms with Crippen molar-refractivity contribution in [3.8, 4) is 0 Å². The van der Waals surface area contributed by atoms with E-state index < -0.39 is 0 Å². The van der Waals surface area contributed by atoms with Gasteiger partial charge in [-0.25, -0.2) is 4.98 Å². The number of pyridine rings is 1. The van der Waals surface area contributed by atoms with Crippen LogP contribution in [0.2, 0.25) is 0 Å². The summed E-state index contributed by atoms with van der Waals surface area (Å²) in [6, 6.07) is 4.13. The van der Waals surface area contributed by atoms with Gasteiger partial charge in [-0.2, -0.15) is 0 Å². The fraction of sp³-hybridized carbons (Fsp3) is 0.471. The van der Waals surface area contributed by atoms with Crippen LogP contribution in [0, 0.1) is 0 Å². The average Bonchev–Trinajstić information content (AvgIpc) is 3.00. The Morgan fingerprint density at radius 1 is 1.30 bits per heavy atom. The molecule has 2 aromatic rings. The molecule has 3 rings (SSSR count). The number of aromatic nitrogens is 2. The fourth-order valence-electron chi connectivity index (χ4n) is 2.65. The molecule has 1 aliphatic heterocycles. The van der Waals surface area contributed by atoms with Gasteiger partial charge < -0.3 is 19.6 Å². The monoisotopic (exact) mass is 313 g/mol. The summed E-state index contributed by atoms with van der Waals surface area (Å²) < 4.78 is 12.3. The minimum atomic E-state index is -0.352. The molecule has 0 amide bonds. The van der Waals surface area contributed by atoms with Crippen molar-refractivity contribution >= 4 is 24.2 Å². The van der Waals surface area contributed by atoms with E-state index in [1.807, 2.05) is 25.5 Å². The lowest BCUT2D eigenvalue weighted by atomic mass is 9.77. The summed E-state index contributed by atoms with van der Waals surface area (Å²) >= 11 is 0. The van der Waals surface area contributed by atoms with Crippen LogP contribution in [0.1, 0.15) is 33.3 Å². The van der Waals surface area contributed by atoms with Crippen molar-refractivity contribution in [2.75, 3.05) is 13.6 Å². The van der Waals surface area contributed by atoms with Crippen LogP contribution in [0.15, 0.2) is 30.0 Å². The minimum Gasteiger partial charge on any atom is -0.400 e. The number of hydrogen-bond donors (Lipinski definition) is 2. The number of hydrogen-bond acceptors (Lipinski definition) is 4. The Kier molecular flexibility index (Phi) is 4.08. The van der Waals surface area contributed by atoms with Crippen molar-refractivity contribution in [1.82, 2.24) is 15.3 Å². The normalized spacial score (nSPS) is 20.4. The topological polar surface area (TPSA) is 59.2 Å². The zero-order valence-corrected chi connectivity index (χ0v) is 14.4. The van der Waals surface area contributed by atoms with Crippen molar-refractivity contribution < 1.29 is 9.31 Å². The van der Waals surface area contributed by atoms with E-state index in [4.69, 9.17) is 9.31 Å². The van der Waals surface area contributed by atoms with Crippen LogP contribution in [0.5, 0.6) is 0 Å². The molecular weight excluding hydrogens is 289 g/mol. The van der Waals surface area contributed by atoms with Crippen LogP contribution in [0.4, 0.5) is 0 Å². The Hall–Kier alpha value is -1.63. The molecule has 6 heteroatoms. The SMILES string of the molecule is CNCC(=Cc1cnc2[nH]ccc2c1)B1OC(C)(C)C(C)(C)O1. The Labute approximate surface area is 137 Å². The summed E-state index contributed by atoms with van der Waals surface area (Å²) in [6.45, 7) is 8.96. The Balaban J connectivity index is 1.92. The lowest BCUT2D eigenvalue weighted by Gasteiger charge is -2.32. The molecule has 1 fully saturated rings. The maximum Gasteiger partial charge on any atom is 0.491 e. The number of rotatable bonds is 4. The molecule has 0 saturated carbocycles. The summed E-state index contributed by atoms with van der Waals surface area (Å²) in [5, 5.41) is 4.29. The van der Waals surface area contributed by atoms with Gasteiger partial charge >= 0.3 is 7.12 Å². The molecule has 2 N–H and O–H groups in total. The number of aromatic amines is 1. The Morgan fingerprint density at radius 3 is 2.65 bits per heavy atom. The van der Waals surface area contributed by atoms with E-state index in [1.165, 1.54) is 0 Å². The van der Waals surface area contributed by atoms with Crippen LogP contribution in [-0.4, -0.2) is 41.9 Å².